The summed E-state index contributed by atoms with van der Waals surface area (Å²) < 4.78 is 20.8. The summed E-state index contributed by atoms with van der Waals surface area (Å²) in [5, 5.41) is 5.05. The Hall–Kier alpha value is -4.08. The lowest BCUT2D eigenvalue weighted by Crippen LogP contribution is -2.46. The van der Waals surface area contributed by atoms with E-state index in [4.69, 9.17) is 18.9 Å². The molecule has 2 amide bonds. The summed E-state index contributed by atoms with van der Waals surface area (Å²) in [6.07, 6.45) is -0.0182. The first-order valence-corrected chi connectivity index (χ1v) is 12.8. The van der Waals surface area contributed by atoms with Crippen LogP contribution in [0, 0.1) is 18.3 Å². The van der Waals surface area contributed by atoms with Gasteiger partial charge in [-0.3, -0.25) is 0 Å². The number of ether oxygens (including phenoxy) is 4. The van der Waals surface area contributed by atoms with Crippen molar-refractivity contribution in [3.8, 4) is 0 Å². The Morgan fingerprint density at radius 2 is 0.974 bits per heavy atom. The molecule has 0 aliphatic rings. The number of hydrogen-bond donors (Lipinski definition) is 2. The van der Waals surface area contributed by atoms with Gasteiger partial charge in [0, 0.05) is 6.42 Å². The maximum atomic E-state index is 12.5. The van der Waals surface area contributed by atoms with Crippen molar-refractivity contribution in [2.75, 3.05) is 13.2 Å². The van der Waals surface area contributed by atoms with Crippen molar-refractivity contribution in [2.24, 2.45) is 11.8 Å². The van der Waals surface area contributed by atoms with Crippen molar-refractivity contribution in [3.63, 3.8) is 0 Å². The van der Waals surface area contributed by atoms with Crippen LogP contribution in [0.5, 0.6) is 0 Å². The number of benzene rings is 2. The molecule has 2 N–H and O–H groups in total. The Bertz CT molecular complexity index is 960. The molecule has 0 aliphatic carbocycles. The summed E-state index contributed by atoms with van der Waals surface area (Å²) >= 11 is 0. The Morgan fingerprint density at radius 3 is 1.31 bits per heavy atom. The van der Waals surface area contributed by atoms with E-state index in [0.717, 1.165) is 11.1 Å². The van der Waals surface area contributed by atoms with Gasteiger partial charge in [0.25, 0.3) is 0 Å². The zero-order valence-corrected chi connectivity index (χ0v) is 22.8. The molecular formula is C29H37N2O8. The zero-order valence-electron chi connectivity index (χ0n) is 22.8. The molecule has 2 atom stereocenters. The van der Waals surface area contributed by atoms with Crippen LogP contribution in [0.3, 0.4) is 0 Å². The molecule has 0 aliphatic heterocycles. The molecule has 0 spiro atoms. The maximum absolute atomic E-state index is 12.5. The SMILES string of the molecule is CC(C)[C@H](NC(=O)OCc1ccccc1)C(=O)OC[CH]COC(=O)[C@@H](NC(=O)OCc1ccccc1)C(C)C. The highest BCUT2D eigenvalue weighted by molar-refractivity contribution is 5.82. The highest BCUT2D eigenvalue weighted by Gasteiger charge is 2.28. The van der Waals surface area contributed by atoms with Crippen molar-refractivity contribution in [2.45, 2.75) is 53.0 Å². The van der Waals surface area contributed by atoms with Crippen LogP contribution in [0.4, 0.5) is 9.59 Å². The predicted octanol–water partition coefficient (Wildman–Crippen LogP) is 4.18. The van der Waals surface area contributed by atoms with Gasteiger partial charge in [0.15, 0.2) is 0 Å². The first kappa shape index (κ1) is 31.1. The molecule has 2 rings (SSSR count). The molecule has 0 aromatic heterocycles. The molecule has 0 unspecified atom stereocenters. The third-order valence-electron chi connectivity index (χ3n) is 5.50. The van der Waals surface area contributed by atoms with Gasteiger partial charge in [0.1, 0.15) is 25.3 Å². The van der Waals surface area contributed by atoms with E-state index in [-0.39, 0.29) is 38.3 Å². The van der Waals surface area contributed by atoms with Gasteiger partial charge in [0.2, 0.25) is 0 Å². The van der Waals surface area contributed by atoms with Gasteiger partial charge in [-0.25, -0.2) is 19.2 Å². The minimum Gasteiger partial charge on any atom is -0.464 e. The molecule has 0 bridgehead atoms. The number of alkyl carbamates (subject to hydrolysis) is 2. The summed E-state index contributed by atoms with van der Waals surface area (Å²) in [6, 6.07) is 16.5. The van der Waals surface area contributed by atoms with Crippen molar-refractivity contribution < 1.29 is 38.1 Å². The Morgan fingerprint density at radius 1 is 0.615 bits per heavy atom. The Labute approximate surface area is 229 Å². The number of carbonyl (C=O) groups is 4. The normalized spacial score (nSPS) is 12.3. The number of amides is 2. The average molecular weight is 542 g/mol. The van der Waals surface area contributed by atoms with Gasteiger partial charge in [-0.05, 0) is 23.0 Å². The van der Waals surface area contributed by atoms with Crippen LogP contribution in [-0.4, -0.2) is 49.4 Å². The van der Waals surface area contributed by atoms with E-state index in [0.29, 0.717) is 0 Å². The molecule has 2 aromatic carbocycles. The Balaban J connectivity index is 1.70. The highest BCUT2D eigenvalue weighted by atomic mass is 16.6. The van der Waals surface area contributed by atoms with E-state index in [1.165, 1.54) is 6.42 Å². The molecule has 0 saturated carbocycles. The number of rotatable bonds is 14. The lowest BCUT2D eigenvalue weighted by atomic mass is 10.1. The molecule has 2 aromatic rings. The minimum atomic E-state index is -0.916. The van der Waals surface area contributed by atoms with E-state index in [2.05, 4.69) is 10.6 Å². The zero-order chi connectivity index (χ0) is 28.6. The largest absolute Gasteiger partial charge is 0.464 e. The van der Waals surface area contributed by atoms with Crippen LogP contribution < -0.4 is 10.6 Å². The lowest BCUT2D eigenvalue weighted by molar-refractivity contribution is -0.147. The smallest absolute Gasteiger partial charge is 0.408 e. The number of carbonyl (C=O) groups excluding carboxylic acids is 4. The van der Waals surface area contributed by atoms with Gasteiger partial charge in [-0.1, -0.05) is 88.4 Å². The molecule has 1 radical (unpaired) electrons. The monoisotopic (exact) mass is 541 g/mol. The first-order chi connectivity index (χ1) is 18.7. The fourth-order valence-corrected chi connectivity index (χ4v) is 3.29. The van der Waals surface area contributed by atoms with Gasteiger partial charge < -0.3 is 29.6 Å². The lowest BCUT2D eigenvalue weighted by Gasteiger charge is -2.21. The highest BCUT2D eigenvalue weighted by Crippen LogP contribution is 2.08. The molecule has 0 fully saturated rings. The second kappa shape index (κ2) is 16.7. The van der Waals surface area contributed by atoms with Gasteiger partial charge in [0.05, 0.1) is 13.2 Å². The average Bonchev–Trinajstić information content (AvgIpc) is 2.92. The summed E-state index contributed by atoms with van der Waals surface area (Å²) in [6.45, 7) is 6.91. The van der Waals surface area contributed by atoms with Crippen LogP contribution in [0.2, 0.25) is 0 Å². The maximum Gasteiger partial charge on any atom is 0.408 e. The van der Waals surface area contributed by atoms with Crippen LogP contribution in [0.25, 0.3) is 0 Å². The van der Waals surface area contributed by atoms with Gasteiger partial charge in [-0.15, -0.1) is 0 Å². The van der Waals surface area contributed by atoms with Crippen molar-refractivity contribution in [1.82, 2.24) is 10.6 Å². The number of nitrogens with one attached hydrogen (secondary N) is 2. The van der Waals surface area contributed by atoms with Gasteiger partial charge >= 0.3 is 24.1 Å². The van der Waals surface area contributed by atoms with Gasteiger partial charge in [-0.2, -0.15) is 0 Å². The molecule has 10 heteroatoms. The van der Waals surface area contributed by atoms with Crippen LogP contribution >= 0.6 is 0 Å². The van der Waals surface area contributed by atoms with E-state index in [9.17, 15) is 19.2 Å². The summed E-state index contributed by atoms with van der Waals surface area (Å²) in [5.74, 6) is -1.79. The molecule has 39 heavy (non-hydrogen) atoms. The van der Waals surface area contributed by atoms with Crippen molar-refractivity contribution in [3.05, 3.63) is 78.2 Å². The van der Waals surface area contributed by atoms with Crippen LogP contribution in [0.1, 0.15) is 38.8 Å². The van der Waals surface area contributed by atoms with E-state index in [1.807, 2.05) is 60.7 Å². The summed E-state index contributed by atoms with van der Waals surface area (Å²) in [7, 11) is 0. The quantitative estimate of drug-likeness (QED) is 0.207. The van der Waals surface area contributed by atoms with Crippen molar-refractivity contribution >= 4 is 24.1 Å². The molecular weight excluding hydrogens is 504 g/mol. The van der Waals surface area contributed by atoms with E-state index in [1.54, 1.807) is 27.7 Å². The second-order valence-corrected chi connectivity index (χ2v) is 9.40. The van der Waals surface area contributed by atoms with E-state index < -0.39 is 36.2 Å². The third kappa shape index (κ3) is 11.9. The van der Waals surface area contributed by atoms with Crippen LogP contribution in [-0.2, 0) is 41.8 Å². The molecule has 10 nitrogen and oxygen atoms in total. The summed E-state index contributed by atoms with van der Waals surface area (Å²) in [4.78, 5) is 49.3. The summed E-state index contributed by atoms with van der Waals surface area (Å²) in [5.41, 5.74) is 1.64. The number of esters is 2. The molecule has 211 valence electrons. The number of hydrogen-bond acceptors (Lipinski definition) is 8. The Kier molecular flexibility index (Phi) is 13.3. The third-order valence-corrected chi connectivity index (χ3v) is 5.50. The predicted molar refractivity (Wildman–Crippen MR) is 143 cm³/mol. The first-order valence-electron chi connectivity index (χ1n) is 12.8. The van der Waals surface area contributed by atoms with Crippen LogP contribution in [0.15, 0.2) is 60.7 Å². The van der Waals surface area contributed by atoms with Crippen molar-refractivity contribution in [1.29, 1.82) is 0 Å². The standard InChI is InChI=1S/C29H37N2O8/c1-20(2)24(30-28(34)38-18-22-12-7-5-8-13-22)26(32)36-16-11-17-37-27(33)25(21(3)4)31-29(35)39-19-23-14-9-6-10-15-23/h5-15,20-21,24-25H,16-19H2,1-4H3,(H,30,34)(H,31,35)/t24-,25-/m0/s1. The topological polar surface area (TPSA) is 129 Å². The fraction of sp³-hybridized carbons (Fsp3) is 0.414. The molecule has 0 heterocycles. The van der Waals surface area contributed by atoms with E-state index >= 15 is 0 Å². The fourth-order valence-electron chi connectivity index (χ4n) is 3.29. The molecule has 0 saturated heterocycles. The second-order valence-electron chi connectivity index (χ2n) is 9.40. The minimum absolute atomic E-state index is 0.0721.